The summed E-state index contributed by atoms with van der Waals surface area (Å²) in [6.07, 6.45) is 6.46. The maximum absolute atomic E-state index is 16.0. The van der Waals surface area contributed by atoms with Gasteiger partial charge in [-0.25, -0.2) is 9.18 Å². The van der Waals surface area contributed by atoms with Crippen molar-refractivity contribution < 1.29 is 23.5 Å². The summed E-state index contributed by atoms with van der Waals surface area (Å²) in [5, 5.41) is 3.29. The lowest BCUT2D eigenvalue weighted by Gasteiger charge is -2.25. The minimum absolute atomic E-state index is 0.0944. The van der Waals surface area contributed by atoms with E-state index in [2.05, 4.69) is 11.9 Å². The van der Waals surface area contributed by atoms with E-state index < -0.39 is 29.5 Å². The number of rotatable bonds is 12. The number of alkyl carbamates (subject to hydrolysis) is 1. The number of amides is 1. The van der Waals surface area contributed by atoms with E-state index in [-0.39, 0.29) is 24.5 Å². The van der Waals surface area contributed by atoms with Crippen LogP contribution in [0.3, 0.4) is 0 Å². The fourth-order valence-corrected chi connectivity index (χ4v) is 4.84. The molecule has 0 saturated heterocycles. The van der Waals surface area contributed by atoms with Crippen LogP contribution in [0.1, 0.15) is 94.9 Å². The zero-order chi connectivity index (χ0) is 27.9. The van der Waals surface area contributed by atoms with Gasteiger partial charge in [-0.2, -0.15) is 0 Å². The Labute approximate surface area is 230 Å². The van der Waals surface area contributed by atoms with Gasteiger partial charge in [0.2, 0.25) is 0 Å². The molecule has 0 bridgehead atoms. The van der Waals surface area contributed by atoms with Crippen LogP contribution in [0.25, 0.3) is 11.1 Å². The third kappa shape index (κ3) is 8.32. The highest BCUT2D eigenvalue weighted by atomic mass is 35.5. The van der Waals surface area contributed by atoms with Crippen molar-refractivity contribution in [3.63, 3.8) is 0 Å². The topological polar surface area (TPSA) is 64.6 Å². The second-order valence-corrected chi connectivity index (χ2v) is 11.2. The molecule has 3 rings (SSSR count). The van der Waals surface area contributed by atoms with E-state index in [0.29, 0.717) is 10.6 Å². The van der Waals surface area contributed by atoms with Crippen molar-refractivity contribution in [3.05, 3.63) is 70.5 Å². The first-order valence-electron chi connectivity index (χ1n) is 13.4. The molecule has 2 aromatic carbocycles. The molecule has 38 heavy (non-hydrogen) atoms. The monoisotopic (exact) mass is 543 g/mol. The molecule has 1 N–H and O–H groups in total. The Balaban J connectivity index is 2.09. The summed E-state index contributed by atoms with van der Waals surface area (Å²) >= 11 is 6.73. The van der Waals surface area contributed by atoms with Crippen LogP contribution in [0.2, 0.25) is 5.02 Å². The van der Waals surface area contributed by atoms with E-state index in [0.717, 1.165) is 55.2 Å². The van der Waals surface area contributed by atoms with Crippen LogP contribution in [-0.2, 0) is 20.7 Å². The first kappa shape index (κ1) is 29.7. The van der Waals surface area contributed by atoms with Gasteiger partial charge in [-0.15, -0.1) is 6.58 Å². The zero-order valence-corrected chi connectivity index (χ0v) is 23.6. The predicted molar refractivity (Wildman–Crippen MR) is 150 cm³/mol. The van der Waals surface area contributed by atoms with Crippen molar-refractivity contribution in [2.75, 3.05) is 6.61 Å². The summed E-state index contributed by atoms with van der Waals surface area (Å²) in [6.45, 7) is 10.9. The standard InChI is InChI=1S/C31H39ClFNO4/c1-6-8-9-10-12-21-13-11-14-25(32)28(21)22-17-23(20-15-16-20)29(33)24(18-22)26(19-27(35)37-7-2)34-30(36)38-31(3,4)5/h6,11,13-14,17-18,20,26H,1,7-10,12,15-16,19H2,2-5H3,(H,34,36)/t26-/m0/s1. The number of carbonyl (C=O) groups excluding carboxylic acids is 2. The van der Waals surface area contributed by atoms with E-state index in [1.165, 1.54) is 0 Å². The first-order valence-corrected chi connectivity index (χ1v) is 13.8. The molecule has 0 radical (unpaired) electrons. The molecule has 0 heterocycles. The fourth-order valence-electron chi connectivity index (χ4n) is 4.54. The Bertz CT molecular complexity index is 1150. The molecule has 0 spiro atoms. The Morgan fingerprint density at radius 1 is 1.24 bits per heavy atom. The molecule has 1 fully saturated rings. The summed E-state index contributed by atoms with van der Waals surface area (Å²) < 4.78 is 26.6. The van der Waals surface area contributed by atoms with Crippen LogP contribution in [-0.4, -0.2) is 24.3 Å². The average molecular weight is 544 g/mol. The highest BCUT2D eigenvalue weighted by Crippen LogP contribution is 2.45. The number of carbonyl (C=O) groups is 2. The maximum atomic E-state index is 16.0. The lowest BCUT2D eigenvalue weighted by atomic mass is 9.89. The third-order valence-electron chi connectivity index (χ3n) is 6.38. The fraction of sp³-hybridized carbons (Fsp3) is 0.484. The van der Waals surface area contributed by atoms with Gasteiger partial charge in [-0.3, -0.25) is 4.79 Å². The van der Waals surface area contributed by atoms with Crippen molar-refractivity contribution in [3.8, 4) is 11.1 Å². The normalized spacial score (nSPS) is 14.1. The largest absolute Gasteiger partial charge is 0.466 e. The van der Waals surface area contributed by atoms with Crippen molar-refractivity contribution in [2.45, 2.75) is 90.2 Å². The van der Waals surface area contributed by atoms with Gasteiger partial charge in [0, 0.05) is 16.1 Å². The molecule has 1 aliphatic rings. The summed E-state index contributed by atoms with van der Waals surface area (Å²) in [5.41, 5.74) is 2.74. The lowest BCUT2D eigenvalue weighted by molar-refractivity contribution is -0.143. The Morgan fingerprint density at radius 2 is 1.97 bits per heavy atom. The van der Waals surface area contributed by atoms with Gasteiger partial charge in [-0.05, 0) is 107 Å². The number of aryl methyl sites for hydroxylation is 1. The van der Waals surface area contributed by atoms with Gasteiger partial charge in [-0.1, -0.05) is 29.8 Å². The zero-order valence-electron chi connectivity index (χ0n) is 22.9. The molecule has 1 atom stereocenters. The lowest BCUT2D eigenvalue weighted by Crippen LogP contribution is -2.36. The Morgan fingerprint density at radius 3 is 2.61 bits per heavy atom. The van der Waals surface area contributed by atoms with E-state index in [1.807, 2.05) is 30.3 Å². The molecular weight excluding hydrogens is 505 g/mol. The van der Waals surface area contributed by atoms with E-state index in [4.69, 9.17) is 21.1 Å². The highest BCUT2D eigenvalue weighted by Gasteiger charge is 2.32. The molecule has 206 valence electrons. The maximum Gasteiger partial charge on any atom is 0.408 e. The quantitative estimate of drug-likeness (QED) is 0.166. The van der Waals surface area contributed by atoms with Crippen LogP contribution in [0.5, 0.6) is 0 Å². The Hall–Kier alpha value is -2.86. The SMILES string of the molecule is C=CCCCCc1cccc(Cl)c1-c1cc(C2CC2)c(F)c([C@H](CC(=O)OCC)NC(=O)OC(C)(C)C)c1. The van der Waals surface area contributed by atoms with Gasteiger partial charge in [0.15, 0.2) is 0 Å². The third-order valence-corrected chi connectivity index (χ3v) is 6.70. The van der Waals surface area contributed by atoms with E-state index >= 15 is 4.39 Å². The predicted octanol–water partition coefficient (Wildman–Crippen LogP) is 8.44. The molecule has 0 unspecified atom stereocenters. The first-order chi connectivity index (χ1) is 18.0. The molecule has 1 saturated carbocycles. The molecule has 2 aromatic rings. The molecule has 1 aliphatic carbocycles. The second-order valence-electron chi connectivity index (χ2n) is 10.8. The van der Waals surface area contributed by atoms with Gasteiger partial charge in [0.25, 0.3) is 0 Å². The number of benzene rings is 2. The van der Waals surface area contributed by atoms with Crippen LogP contribution >= 0.6 is 11.6 Å². The number of hydrogen-bond donors (Lipinski definition) is 1. The van der Waals surface area contributed by atoms with Crippen LogP contribution in [0, 0.1) is 5.82 Å². The van der Waals surface area contributed by atoms with Crippen LogP contribution < -0.4 is 5.32 Å². The van der Waals surface area contributed by atoms with E-state index in [1.54, 1.807) is 33.8 Å². The number of unbranched alkanes of at least 4 members (excludes halogenated alkanes) is 2. The summed E-state index contributed by atoms with van der Waals surface area (Å²) in [7, 11) is 0. The highest BCUT2D eigenvalue weighted by molar-refractivity contribution is 6.33. The number of hydrogen-bond acceptors (Lipinski definition) is 4. The van der Waals surface area contributed by atoms with Gasteiger partial charge >= 0.3 is 12.1 Å². The van der Waals surface area contributed by atoms with Crippen molar-refractivity contribution in [2.24, 2.45) is 0 Å². The van der Waals surface area contributed by atoms with Gasteiger partial charge in [0.1, 0.15) is 11.4 Å². The number of esters is 1. The van der Waals surface area contributed by atoms with Gasteiger partial charge in [0.05, 0.1) is 19.1 Å². The number of halogens is 2. The second kappa shape index (κ2) is 13.3. The van der Waals surface area contributed by atoms with Crippen molar-refractivity contribution in [1.82, 2.24) is 5.32 Å². The molecule has 1 amide bonds. The van der Waals surface area contributed by atoms with Crippen LogP contribution in [0.4, 0.5) is 9.18 Å². The van der Waals surface area contributed by atoms with Crippen LogP contribution in [0.15, 0.2) is 43.0 Å². The Kier molecular flexibility index (Phi) is 10.4. The number of allylic oxidation sites excluding steroid dienone is 1. The van der Waals surface area contributed by atoms with Crippen molar-refractivity contribution >= 4 is 23.7 Å². The minimum Gasteiger partial charge on any atom is -0.466 e. The minimum atomic E-state index is -0.972. The number of nitrogens with one attached hydrogen (secondary N) is 1. The molecule has 5 nitrogen and oxygen atoms in total. The average Bonchev–Trinajstić information content (AvgIpc) is 3.66. The molecule has 0 aromatic heterocycles. The van der Waals surface area contributed by atoms with Crippen molar-refractivity contribution in [1.29, 1.82) is 0 Å². The molecule has 0 aliphatic heterocycles. The summed E-state index contributed by atoms with van der Waals surface area (Å²) in [4.78, 5) is 25.2. The number of ether oxygens (including phenoxy) is 2. The smallest absolute Gasteiger partial charge is 0.408 e. The summed E-state index contributed by atoms with van der Waals surface area (Å²) in [6, 6.07) is 8.41. The van der Waals surface area contributed by atoms with Gasteiger partial charge < -0.3 is 14.8 Å². The molecular formula is C31H39ClFNO4. The van der Waals surface area contributed by atoms with E-state index in [9.17, 15) is 9.59 Å². The summed E-state index contributed by atoms with van der Waals surface area (Å²) in [5.74, 6) is -0.856. The molecule has 7 heteroatoms.